The van der Waals surface area contributed by atoms with Gasteiger partial charge < -0.3 is 14.8 Å². The van der Waals surface area contributed by atoms with Gasteiger partial charge in [-0.1, -0.05) is 12.1 Å². The molecule has 2 aromatic rings. The number of carbonyl (C=O) groups excluding carboxylic acids is 2. The standard InChI is InChI=1S/C20H19F2NO4/c1-3-26-16-8-4-14(5-9-16)6-11-19(24)27-13(2)20(25)23-15-7-10-17(21)18(22)12-15/h4-13H,3H2,1-2H3,(H,23,25)/b11-6+/t13-/m0/s1. The molecule has 7 heteroatoms. The molecular weight excluding hydrogens is 356 g/mol. The molecule has 142 valence electrons. The van der Waals surface area contributed by atoms with Crippen molar-refractivity contribution in [2.45, 2.75) is 20.0 Å². The molecule has 1 N–H and O–H groups in total. The first kappa shape index (κ1) is 20.1. The topological polar surface area (TPSA) is 64.6 Å². The smallest absolute Gasteiger partial charge is 0.331 e. The molecule has 0 spiro atoms. The molecule has 0 aliphatic heterocycles. The summed E-state index contributed by atoms with van der Waals surface area (Å²) in [5.41, 5.74) is 0.820. The SMILES string of the molecule is CCOc1ccc(/C=C/C(=O)O[C@@H](C)C(=O)Nc2ccc(F)c(F)c2)cc1. The third-order valence-corrected chi connectivity index (χ3v) is 3.45. The molecule has 0 heterocycles. The van der Waals surface area contributed by atoms with Crippen LogP contribution in [0.3, 0.4) is 0 Å². The Labute approximate surface area is 155 Å². The van der Waals surface area contributed by atoms with E-state index in [9.17, 15) is 18.4 Å². The summed E-state index contributed by atoms with van der Waals surface area (Å²) in [4.78, 5) is 23.8. The van der Waals surface area contributed by atoms with Gasteiger partial charge in [0, 0.05) is 17.8 Å². The summed E-state index contributed by atoms with van der Waals surface area (Å²) in [6.07, 6.45) is 1.62. The molecule has 0 aliphatic carbocycles. The van der Waals surface area contributed by atoms with E-state index in [0.29, 0.717) is 6.61 Å². The number of nitrogens with one attached hydrogen (secondary N) is 1. The van der Waals surface area contributed by atoms with E-state index < -0.39 is 29.6 Å². The van der Waals surface area contributed by atoms with Crippen molar-refractivity contribution in [2.24, 2.45) is 0 Å². The fourth-order valence-corrected chi connectivity index (χ4v) is 2.09. The van der Waals surface area contributed by atoms with Crippen molar-refractivity contribution >= 4 is 23.6 Å². The third-order valence-electron chi connectivity index (χ3n) is 3.45. The molecule has 0 fully saturated rings. The first-order valence-electron chi connectivity index (χ1n) is 8.26. The van der Waals surface area contributed by atoms with Crippen LogP contribution in [0, 0.1) is 11.6 Å². The second-order valence-corrected chi connectivity index (χ2v) is 5.53. The van der Waals surface area contributed by atoms with Crippen LogP contribution in [0.5, 0.6) is 5.75 Å². The highest BCUT2D eigenvalue weighted by molar-refractivity contribution is 5.96. The van der Waals surface area contributed by atoms with Crippen LogP contribution in [0.1, 0.15) is 19.4 Å². The predicted molar refractivity (Wildman–Crippen MR) is 97.2 cm³/mol. The minimum atomic E-state index is -1.12. The lowest BCUT2D eigenvalue weighted by Crippen LogP contribution is -2.29. The van der Waals surface area contributed by atoms with Crippen molar-refractivity contribution in [1.29, 1.82) is 0 Å². The van der Waals surface area contributed by atoms with Gasteiger partial charge in [-0.3, -0.25) is 4.79 Å². The molecule has 0 aromatic heterocycles. The van der Waals surface area contributed by atoms with E-state index in [-0.39, 0.29) is 5.69 Å². The van der Waals surface area contributed by atoms with Crippen LogP contribution in [-0.4, -0.2) is 24.6 Å². The lowest BCUT2D eigenvalue weighted by molar-refractivity contribution is -0.148. The highest BCUT2D eigenvalue weighted by Gasteiger charge is 2.17. The molecule has 0 bridgehead atoms. The van der Waals surface area contributed by atoms with Crippen molar-refractivity contribution in [1.82, 2.24) is 0 Å². The van der Waals surface area contributed by atoms with E-state index in [1.54, 1.807) is 24.3 Å². The molecule has 0 aliphatic rings. The Morgan fingerprint density at radius 2 is 1.81 bits per heavy atom. The Balaban J connectivity index is 1.88. The summed E-state index contributed by atoms with van der Waals surface area (Å²) in [7, 11) is 0. The molecular formula is C20H19F2NO4. The van der Waals surface area contributed by atoms with Crippen LogP contribution in [0.2, 0.25) is 0 Å². The van der Waals surface area contributed by atoms with Crippen molar-refractivity contribution in [3.8, 4) is 5.75 Å². The van der Waals surface area contributed by atoms with Gasteiger partial charge in [0.2, 0.25) is 0 Å². The van der Waals surface area contributed by atoms with Crippen LogP contribution in [-0.2, 0) is 14.3 Å². The average Bonchev–Trinajstić information content (AvgIpc) is 2.64. The number of rotatable bonds is 7. The zero-order valence-corrected chi connectivity index (χ0v) is 14.9. The van der Waals surface area contributed by atoms with E-state index in [1.807, 2.05) is 6.92 Å². The molecule has 5 nitrogen and oxygen atoms in total. The fraction of sp³-hybridized carbons (Fsp3) is 0.200. The first-order valence-corrected chi connectivity index (χ1v) is 8.26. The zero-order valence-electron chi connectivity index (χ0n) is 14.9. The third kappa shape index (κ3) is 6.22. The number of amides is 1. The molecule has 0 unspecified atom stereocenters. The van der Waals surface area contributed by atoms with E-state index in [1.165, 1.54) is 25.1 Å². The van der Waals surface area contributed by atoms with Crippen molar-refractivity contribution < 1.29 is 27.8 Å². The zero-order chi connectivity index (χ0) is 19.8. The van der Waals surface area contributed by atoms with Crippen LogP contribution >= 0.6 is 0 Å². The summed E-state index contributed by atoms with van der Waals surface area (Å²) >= 11 is 0. The Hall–Kier alpha value is -3.22. The molecule has 2 rings (SSSR count). The van der Waals surface area contributed by atoms with Crippen molar-refractivity contribution in [3.05, 3.63) is 65.7 Å². The molecule has 1 atom stereocenters. The van der Waals surface area contributed by atoms with Gasteiger partial charge in [-0.15, -0.1) is 0 Å². The van der Waals surface area contributed by atoms with E-state index in [2.05, 4.69) is 5.32 Å². The van der Waals surface area contributed by atoms with Gasteiger partial charge in [0.1, 0.15) is 5.75 Å². The maximum atomic E-state index is 13.1. The number of esters is 1. The maximum absolute atomic E-state index is 13.1. The second kappa shape index (κ2) is 9.47. The van der Waals surface area contributed by atoms with Crippen molar-refractivity contribution in [3.63, 3.8) is 0 Å². The van der Waals surface area contributed by atoms with E-state index >= 15 is 0 Å². The molecule has 2 aromatic carbocycles. The van der Waals surface area contributed by atoms with Crippen LogP contribution in [0.4, 0.5) is 14.5 Å². The number of halogens is 2. The summed E-state index contributed by atoms with van der Waals surface area (Å²) < 4.78 is 36.3. The number of hydrogen-bond donors (Lipinski definition) is 1. The Morgan fingerprint density at radius 3 is 2.44 bits per heavy atom. The lowest BCUT2D eigenvalue weighted by atomic mass is 10.2. The van der Waals surface area contributed by atoms with Gasteiger partial charge in [0.25, 0.3) is 5.91 Å². The molecule has 0 saturated heterocycles. The van der Waals surface area contributed by atoms with Gasteiger partial charge in [-0.25, -0.2) is 13.6 Å². The fourth-order valence-electron chi connectivity index (χ4n) is 2.09. The highest BCUT2D eigenvalue weighted by atomic mass is 19.2. The Bertz CT molecular complexity index is 834. The predicted octanol–water partition coefficient (Wildman–Crippen LogP) is 3.95. The summed E-state index contributed by atoms with van der Waals surface area (Å²) in [5.74, 6) is -2.76. The second-order valence-electron chi connectivity index (χ2n) is 5.53. The molecule has 1 amide bonds. The number of anilines is 1. The number of benzene rings is 2. The average molecular weight is 375 g/mol. The van der Waals surface area contributed by atoms with Crippen molar-refractivity contribution in [2.75, 3.05) is 11.9 Å². The van der Waals surface area contributed by atoms with Gasteiger partial charge in [-0.2, -0.15) is 0 Å². The number of carbonyl (C=O) groups is 2. The summed E-state index contributed by atoms with van der Waals surface area (Å²) in [6.45, 7) is 3.82. The van der Waals surface area contributed by atoms with Crippen LogP contribution < -0.4 is 10.1 Å². The lowest BCUT2D eigenvalue weighted by Gasteiger charge is -2.12. The largest absolute Gasteiger partial charge is 0.494 e. The Kier molecular flexibility index (Phi) is 7.05. The Morgan fingerprint density at radius 1 is 1.11 bits per heavy atom. The van der Waals surface area contributed by atoms with Gasteiger partial charge in [0.15, 0.2) is 17.7 Å². The van der Waals surface area contributed by atoms with Crippen LogP contribution in [0.25, 0.3) is 6.08 Å². The summed E-state index contributed by atoms with van der Waals surface area (Å²) in [6, 6.07) is 10.0. The minimum absolute atomic E-state index is 0.0618. The number of hydrogen-bond acceptors (Lipinski definition) is 4. The highest BCUT2D eigenvalue weighted by Crippen LogP contribution is 2.14. The van der Waals surface area contributed by atoms with Gasteiger partial charge in [-0.05, 0) is 49.8 Å². The molecule has 0 radical (unpaired) electrons. The molecule has 27 heavy (non-hydrogen) atoms. The van der Waals surface area contributed by atoms with Crippen LogP contribution in [0.15, 0.2) is 48.5 Å². The normalized spacial score (nSPS) is 11.9. The van der Waals surface area contributed by atoms with E-state index in [0.717, 1.165) is 23.4 Å². The van der Waals surface area contributed by atoms with Gasteiger partial charge >= 0.3 is 5.97 Å². The minimum Gasteiger partial charge on any atom is -0.494 e. The maximum Gasteiger partial charge on any atom is 0.331 e. The summed E-state index contributed by atoms with van der Waals surface area (Å²) in [5, 5.41) is 2.35. The first-order chi connectivity index (χ1) is 12.9. The van der Waals surface area contributed by atoms with E-state index in [4.69, 9.17) is 9.47 Å². The van der Waals surface area contributed by atoms with Gasteiger partial charge in [0.05, 0.1) is 6.61 Å². The monoisotopic (exact) mass is 375 g/mol. The molecule has 0 saturated carbocycles. The number of ether oxygens (including phenoxy) is 2. The quantitative estimate of drug-likeness (QED) is 0.588.